The van der Waals surface area contributed by atoms with Gasteiger partial charge in [-0.2, -0.15) is 5.10 Å². The molecule has 0 aromatic carbocycles. The minimum Gasteiger partial charge on any atom is -0.409 e. The number of nitrogens with one attached hydrogen (secondary N) is 1. The molecule has 94 valence electrons. The summed E-state index contributed by atoms with van der Waals surface area (Å²) in [4.78, 5) is 11.5. The maximum absolute atomic E-state index is 11.5. The van der Waals surface area contributed by atoms with Crippen LogP contribution in [0.25, 0.3) is 0 Å². The molecule has 0 aliphatic heterocycles. The Labute approximate surface area is 99.3 Å². The molecule has 0 bridgehead atoms. The molecule has 0 radical (unpaired) electrons. The predicted molar refractivity (Wildman–Crippen MR) is 62.8 cm³/mol. The average Bonchev–Trinajstić information content (AvgIpc) is 2.75. The van der Waals surface area contributed by atoms with Gasteiger partial charge in [-0.1, -0.05) is 5.16 Å². The molecule has 0 fully saturated rings. The topological polar surface area (TPSA) is 106 Å². The molecule has 0 aliphatic rings. The van der Waals surface area contributed by atoms with Crippen LogP contribution in [0.4, 0.5) is 0 Å². The van der Waals surface area contributed by atoms with Gasteiger partial charge in [0.1, 0.15) is 11.5 Å². The van der Waals surface area contributed by atoms with Crippen molar-refractivity contribution >= 4 is 11.7 Å². The Kier molecular flexibility index (Phi) is 4.99. The van der Waals surface area contributed by atoms with E-state index in [0.717, 1.165) is 12.8 Å². The monoisotopic (exact) mass is 239 g/mol. The molecule has 0 saturated heterocycles. The van der Waals surface area contributed by atoms with Crippen LogP contribution >= 0.6 is 0 Å². The Balaban J connectivity index is 2.17. The Bertz CT molecular complexity index is 399. The lowest BCUT2D eigenvalue weighted by atomic mass is 10.2. The van der Waals surface area contributed by atoms with Crippen LogP contribution in [-0.4, -0.2) is 33.3 Å². The molecule has 1 rings (SSSR count). The van der Waals surface area contributed by atoms with Gasteiger partial charge in [-0.3, -0.25) is 9.48 Å². The molecule has 1 aromatic heterocycles. The second-order valence-corrected chi connectivity index (χ2v) is 3.68. The number of carbonyl (C=O) groups excluding carboxylic acids is 1. The van der Waals surface area contributed by atoms with Gasteiger partial charge in [-0.25, -0.2) is 0 Å². The van der Waals surface area contributed by atoms with Gasteiger partial charge < -0.3 is 16.3 Å². The smallest absolute Gasteiger partial charge is 0.271 e. The van der Waals surface area contributed by atoms with Crippen LogP contribution in [0.5, 0.6) is 0 Å². The van der Waals surface area contributed by atoms with Crippen molar-refractivity contribution in [3.05, 3.63) is 18.0 Å². The minimum atomic E-state index is -0.186. The molecule has 1 aromatic rings. The molecule has 1 amide bonds. The van der Waals surface area contributed by atoms with Crippen molar-refractivity contribution in [3.8, 4) is 0 Å². The Morgan fingerprint density at radius 1 is 1.65 bits per heavy atom. The SMILES string of the molecule is Cn1ccc(C(=O)NCCCC/C(N)=N/O)n1. The van der Waals surface area contributed by atoms with E-state index in [1.165, 1.54) is 0 Å². The van der Waals surface area contributed by atoms with Crippen LogP contribution in [0.15, 0.2) is 17.4 Å². The van der Waals surface area contributed by atoms with E-state index in [1.807, 2.05) is 0 Å². The van der Waals surface area contributed by atoms with Gasteiger partial charge in [-0.15, -0.1) is 0 Å². The van der Waals surface area contributed by atoms with E-state index >= 15 is 0 Å². The third kappa shape index (κ3) is 4.54. The van der Waals surface area contributed by atoms with Gasteiger partial charge in [0.2, 0.25) is 0 Å². The third-order valence-electron chi connectivity index (χ3n) is 2.22. The van der Waals surface area contributed by atoms with Gasteiger partial charge in [0.25, 0.3) is 5.91 Å². The van der Waals surface area contributed by atoms with Crippen LogP contribution in [0, 0.1) is 0 Å². The number of oxime groups is 1. The first-order valence-electron chi connectivity index (χ1n) is 5.37. The Morgan fingerprint density at radius 2 is 2.41 bits per heavy atom. The highest BCUT2D eigenvalue weighted by atomic mass is 16.4. The summed E-state index contributed by atoms with van der Waals surface area (Å²) >= 11 is 0. The lowest BCUT2D eigenvalue weighted by Crippen LogP contribution is -2.25. The number of unbranched alkanes of at least 4 members (excludes halogenated alkanes) is 1. The zero-order chi connectivity index (χ0) is 12.7. The first-order valence-corrected chi connectivity index (χ1v) is 5.37. The fourth-order valence-corrected chi connectivity index (χ4v) is 1.31. The van der Waals surface area contributed by atoms with Crippen LogP contribution in [0.3, 0.4) is 0 Å². The Morgan fingerprint density at radius 3 is 3.00 bits per heavy atom. The lowest BCUT2D eigenvalue weighted by Gasteiger charge is -2.02. The zero-order valence-electron chi connectivity index (χ0n) is 9.76. The number of amides is 1. The average molecular weight is 239 g/mol. The lowest BCUT2D eigenvalue weighted by molar-refractivity contribution is 0.0947. The summed E-state index contributed by atoms with van der Waals surface area (Å²) in [5, 5.41) is 17.9. The zero-order valence-corrected chi connectivity index (χ0v) is 9.76. The molecule has 0 atom stereocenters. The standard InChI is InChI=1S/C10H17N5O2/c1-15-7-5-8(13-15)10(16)12-6-3-2-4-9(11)14-17/h5,7,17H,2-4,6H2,1H3,(H2,11,14)(H,12,16). The number of aryl methyl sites for hydroxylation is 1. The molecule has 0 spiro atoms. The van der Waals surface area contributed by atoms with Crippen LogP contribution < -0.4 is 11.1 Å². The first-order chi connectivity index (χ1) is 8.13. The second kappa shape index (κ2) is 6.51. The molecule has 7 heteroatoms. The summed E-state index contributed by atoms with van der Waals surface area (Å²) in [7, 11) is 1.76. The van der Waals surface area contributed by atoms with Gasteiger partial charge in [-0.05, 0) is 18.9 Å². The van der Waals surface area contributed by atoms with Crippen molar-refractivity contribution in [1.29, 1.82) is 0 Å². The van der Waals surface area contributed by atoms with Crippen molar-refractivity contribution in [2.24, 2.45) is 17.9 Å². The van der Waals surface area contributed by atoms with Crippen molar-refractivity contribution in [2.45, 2.75) is 19.3 Å². The highest BCUT2D eigenvalue weighted by Crippen LogP contribution is 1.96. The summed E-state index contributed by atoms with van der Waals surface area (Å²) in [5.41, 5.74) is 5.72. The van der Waals surface area contributed by atoms with E-state index in [-0.39, 0.29) is 11.7 Å². The van der Waals surface area contributed by atoms with E-state index in [1.54, 1.807) is 24.0 Å². The quantitative estimate of drug-likeness (QED) is 0.215. The maximum Gasteiger partial charge on any atom is 0.271 e. The normalized spacial score (nSPS) is 11.5. The first kappa shape index (κ1) is 13.0. The summed E-state index contributed by atoms with van der Waals surface area (Å²) < 4.78 is 1.58. The number of nitrogens with two attached hydrogens (primary N) is 1. The summed E-state index contributed by atoms with van der Waals surface area (Å²) in [6.07, 6.45) is 3.77. The number of rotatable bonds is 6. The van der Waals surface area contributed by atoms with E-state index in [0.29, 0.717) is 18.7 Å². The Hall–Kier alpha value is -2.05. The molecule has 4 N–H and O–H groups in total. The number of nitrogens with zero attached hydrogens (tertiary/aromatic N) is 3. The van der Waals surface area contributed by atoms with Crippen molar-refractivity contribution < 1.29 is 10.0 Å². The van der Waals surface area contributed by atoms with Crippen LogP contribution in [-0.2, 0) is 7.05 Å². The third-order valence-corrected chi connectivity index (χ3v) is 2.22. The summed E-state index contributed by atoms with van der Waals surface area (Å²) in [6.45, 7) is 0.550. The largest absolute Gasteiger partial charge is 0.409 e. The predicted octanol–water partition coefficient (Wildman–Crippen LogP) is 0.0666. The van der Waals surface area contributed by atoms with Gasteiger partial charge in [0, 0.05) is 26.2 Å². The number of amidine groups is 1. The van der Waals surface area contributed by atoms with Crippen molar-refractivity contribution in [1.82, 2.24) is 15.1 Å². The molecular weight excluding hydrogens is 222 g/mol. The van der Waals surface area contributed by atoms with Crippen LogP contribution in [0.1, 0.15) is 29.8 Å². The molecular formula is C10H17N5O2. The summed E-state index contributed by atoms with van der Waals surface area (Å²) in [6, 6.07) is 1.66. The second-order valence-electron chi connectivity index (χ2n) is 3.68. The summed E-state index contributed by atoms with van der Waals surface area (Å²) in [5.74, 6) is 0.0236. The highest BCUT2D eigenvalue weighted by Gasteiger charge is 2.07. The molecule has 17 heavy (non-hydrogen) atoms. The molecule has 0 saturated carbocycles. The van der Waals surface area contributed by atoms with E-state index in [2.05, 4.69) is 15.6 Å². The molecule has 1 heterocycles. The van der Waals surface area contributed by atoms with Crippen molar-refractivity contribution in [3.63, 3.8) is 0 Å². The highest BCUT2D eigenvalue weighted by molar-refractivity contribution is 5.92. The molecule has 0 unspecified atom stereocenters. The van der Waals surface area contributed by atoms with E-state index < -0.39 is 0 Å². The number of hydrogen-bond donors (Lipinski definition) is 3. The number of aromatic nitrogens is 2. The van der Waals surface area contributed by atoms with Gasteiger partial charge in [0.05, 0.1) is 0 Å². The van der Waals surface area contributed by atoms with E-state index in [4.69, 9.17) is 10.9 Å². The fourth-order valence-electron chi connectivity index (χ4n) is 1.31. The van der Waals surface area contributed by atoms with E-state index in [9.17, 15) is 4.79 Å². The van der Waals surface area contributed by atoms with Crippen LogP contribution in [0.2, 0.25) is 0 Å². The molecule has 0 aliphatic carbocycles. The molecule has 7 nitrogen and oxygen atoms in total. The number of carbonyl (C=O) groups is 1. The van der Waals surface area contributed by atoms with Gasteiger partial charge >= 0.3 is 0 Å². The minimum absolute atomic E-state index is 0.186. The van der Waals surface area contributed by atoms with Gasteiger partial charge in [0.15, 0.2) is 0 Å². The maximum atomic E-state index is 11.5. The fraction of sp³-hybridized carbons (Fsp3) is 0.500. The number of hydrogen-bond acceptors (Lipinski definition) is 4. The van der Waals surface area contributed by atoms with Crippen molar-refractivity contribution in [2.75, 3.05) is 6.54 Å².